The van der Waals surface area contributed by atoms with Crippen LogP contribution >= 0.6 is 0 Å². The summed E-state index contributed by atoms with van der Waals surface area (Å²) in [6, 6.07) is 0. The van der Waals surface area contributed by atoms with Gasteiger partial charge in [0.25, 0.3) is 0 Å². The van der Waals surface area contributed by atoms with Crippen LogP contribution in [0.5, 0.6) is 0 Å². The molecular weight excluding hydrogens is 140 g/mol. The van der Waals surface area contributed by atoms with Crippen LogP contribution in [0.1, 0.15) is 13.8 Å². The second-order valence-corrected chi connectivity index (χ2v) is 2.85. The highest BCUT2D eigenvalue weighted by Crippen LogP contribution is 1.99. The van der Waals surface area contributed by atoms with Crippen molar-refractivity contribution in [1.29, 1.82) is 0 Å². The van der Waals surface area contributed by atoms with Crippen LogP contribution in [0, 0.1) is 0 Å². The van der Waals surface area contributed by atoms with Gasteiger partial charge in [0.2, 0.25) is 5.84 Å². The monoisotopic (exact) mass is 157 g/mol. The maximum atomic E-state index is 5.31. The first kappa shape index (κ1) is 8.53. The molecule has 64 valence electrons. The third-order valence-electron chi connectivity index (χ3n) is 2.17. The molecule has 0 aliphatic carbocycles. The molecule has 11 heavy (non-hydrogen) atoms. The van der Waals surface area contributed by atoms with Gasteiger partial charge in [-0.05, 0) is 6.92 Å². The van der Waals surface area contributed by atoms with Crippen molar-refractivity contribution in [2.75, 3.05) is 33.5 Å². The van der Waals surface area contributed by atoms with Gasteiger partial charge in [0, 0.05) is 13.5 Å². The van der Waals surface area contributed by atoms with Crippen molar-refractivity contribution in [2.45, 2.75) is 13.8 Å². The molecule has 0 atom stereocenters. The fourth-order valence-corrected chi connectivity index (χ4v) is 1.20. The highest BCUT2D eigenvalue weighted by molar-refractivity contribution is 5.75. The lowest BCUT2D eigenvalue weighted by molar-refractivity contribution is -0.487. The van der Waals surface area contributed by atoms with Gasteiger partial charge in [-0.1, -0.05) is 0 Å². The predicted octanol–water partition coefficient (Wildman–Crippen LogP) is 0.357. The average molecular weight is 157 g/mol. The quantitative estimate of drug-likeness (QED) is 0.550. The van der Waals surface area contributed by atoms with Gasteiger partial charge in [0.05, 0.1) is 7.05 Å². The lowest BCUT2D eigenvalue weighted by atomic mass is 10.6. The summed E-state index contributed by atoms with van der Waals surface area (Å²) in [6.45, 7) is 7.92. The topological polar surface area (TPSA) is 15.5 Å². The fourth-order valence-electron chi connectivity index (χ4n) is 1.20. The van der Waals surface area contributed by atoms with E-state index in [9.17, 15) is 0 Å². The predicted molar refractivity (Wildman–Crippen MR) is 44.9 cm³/mol. The van der Waals surface area contributed by atoms with Crippen LogP contribution in [0.25, 0.3) is 0 Å². The molecule has 0 bridgehead atoms. The molecular formula is C8H17N2O+. The highest BCUT2D eigenvalue weighted by atomic mass is 16.5. The van der Waals surface area contributed by atoms with Gasteiger partial charge >= 0.3 is 0 Å². The van der Waals surface area contributed by atoms with Crippen LogP contribution in [0.3, 0.4) is 0 Å². The molecule has 0 fully saturated rings. The van der Waals surface area contributed by atoms with Gasteiger partial charge in [0.1, 0.15) is 13.1 Å². The van der Waals surface area contributed by atoms with Crippen LogP contribution in [0.2, 0.25) is 0 Å². The minimum Gasteiger partial charge on any atom is -0.342 e. The van der Waals surface area contributed by atoms with Crippen LogP contribution in [0.4, 0.5) is 0 Å². The Morgan fingerprint density at radius 2 is 2.36 bits per heavy atom. The average Bonchev–Trinajstić information content (AvgIpc) is 2.31. The smallest absolute Gasteiger partial charge is 0.245 e. The zero-order valence-corrected chi connectivity index (χ0v) is 7.63. The van der Waals surface area contributed by atoms with E-state index in [1.165, 1.54) is 5.84 Å². The standard InChI is InChI=1S/C8H17N2O/c1-4-11-7-10-6-5-9(3)8(10)2/h4-7H2,1-3H3/q+1. The Morgan fingerprint density at radius 1 is 1.64 bits per heavy atom. The Labute approximate surface area is 68.3 Å². The largest absolute Gasteiger partial charge is 0.342 e. The maximum Gasteiger partial charge on any atom is 0.245 e. The molecule has 3 heteroatoms. The van der Waals surface area contributed by atoms with Crippen LogP contribution in [-0.2, 0) is 4.74 Å². The lowest BCUT2D eigenvalue weighted by Gasteiger charge is -2.09. The van der Waals surface area contributed by atoms with Crippen molar-refractivity contribution in [3.63, 3.8) is 0 Å². The number of amidine groups is 1. The van der Waals surface area contributed by atoms with Crippen molar-refractivity contribution >= 4 is 5.84 Å². The van der Waals surface area contributed by atoms with Gasteiger partial charge in [-0.3, -0.25) is 4.58 Å². The summed E-state index contributed by atoms with van der Waals surface area (Å²) in [6.07, 6.45) is 0. The van der Waals surface area contributed by atoms with E-state index in [0.29, 0.717) is 0 Å². The summed E-state index contributed by atoms with van der Waals surface area (Å²) in [5, 5.41) is 0. The Morgan fingerprint density at radius 3 is 2.82 bits per heavy atom. The second kappa shape index (κ2) is 3.72. The molecule has 0 radical (unpaired) electrons. The first-order chi connectivity index (χ1) is 5.25. The van der Waals surface area contributed by atoms with Crippen LogP contribution < -0.4 is 0 Å². The molecule has 0 saturated heterocycles. The molecule has 0 spiro atoms. The molecule has 0 unspecified atom stereocenters. The van der Waals surface area contributed by atoms with E-state index in [1.807, 2.05) is 6.92 Å². The number of nitrogens with zero attached hydrogens (tertiary/aromatic N) is 2. The summed E-state index contributed by atoms with van der Waals surface area (Å²) < 4.78 is 7.56. The molecule has 0 aromatic heterocycles. The number of hydrogen-bond acceptors (Lipinski definition) is 2. The molecule has 1 heterocycles. The molecule has 1 rings (SSSR count). The Kier molecular flexibility index (Phi) is 2.88. The van der Waals surface area contributed by atoms with Crippen LogP contribution in [-0.4, -0.2) is 48.8 Å². The first-order valence-corrected chi connectivity index (χ1v) is 4.13. The molecule has 0 N–H and O–H groups in total. The molecule has 0 aromatic carbocycles. The van der Waals surface area contributed by atoms with Crippen molar-refractivity contribution in [1.82, 2.24) is 4.90 Å². The minimum atomic E-state index is 0.743. The molecule has 1 aliphatic heterocycles. The third-order valence-corrected chi connectivity index (χ3v) is 2.17. The van der Waals surface area contributed by atoms with E-state index in [-0.39, 0.29) is 0 Å². The molecule has 0 saturated carbocycles. The lowest BCUT2D eigenvalue weighted by Crippen LogP contribution is -2.29. The van der Waals surface area contributed by atoms with E-state index in [2.05, 4.69) is 23.4 Å². The second-order valence-electron chi connectivity index (χ2n) is 2.85. The summed E-state index contributed by atoms with van der Waals surface area (Å²) in [7, 11) is 2.11. The van der Waals surface area contributed by atoms with E-state index < -0.39 is 0 Å². The van der Waals surface area contributed by atoms with E-state index in [4.69, 9.17) is 4.74 Å². The molecule has 1 aliphatic rings. The van der Waals surface area contributed by atoms with Gasteiger partial charge in [-0.15, -0.1) is 0 Å². The first-order valence-electron chi connectivity index (χ1n) is 4.13. The summed E-state index contributed by atoms with van der Waals surface area (Å²) in [4.78, 5) is 2.25. The van der Waals surface area contributed by atoms with E-state index >= 15 is 0 Å². The zero-order valence-electron chi connectivity index (χ0n) is 7.63. The molecule has 0 aromatic rings. The van der Waals surface area contributed by atoms with Crippen molar-refractivity contribution < 1.29 is 9.31 Å². The Balaban J connectivity index is 2.37. The number of hydrogen-bond donors (Lipinski definition) is 0. The van der Waals surface area contributed by atoms with Gasteiger partial charge < -0.3 is 4.74 Å². The van der Waals surface area contributed by atoms with Gasteiger partial charge in [0.15, 0.2) is 6.73 Å². The number of likely N-dealkylation sites (N-methyl/N-ethyl adjacent to an activating group) is 1. The van der Waals surface area contributed by atoms with E-state index in [0.717, 1.165) is 26.4 Å². The summed E-state index contributed by atoms with van der Waals surface area (Å²) in [5.74, 6) is 1.32. The van der Waals surface area contributed by atoms with E-state index in [1.54, 1.807) is 0 Å². The normalized spacial score (nSPS) is 18.3. The van der Waals surface area contributed by atoms with Gasteiger partial charge in [-0.2, -0.15) is 0 Å². The summed E-state index contributed by atoms with van der Waals surface area (Å²) in [5.41, 5.74) is 0. The third kappa shape index (κ3) is 1.93. The van der Waals surface area contributed by atoms with Crippen LogP contribution in [0.15, 0.2) is 0 Å². The van der Waals surface area contributed by atoms with Crippen molar-refractivity contribution in [3.8, 4) is 0 Å². The maximum absolute atomic E-state index is 5.31. The molecule has 0 amide bonds. The zero-order chi connectivity index (χ0) is 8.27. The SMILES string of the molecule is CCOCN1CC[N+](C)=C1C. The minimum absolute atomic E-state index is 0.743. The number of ether oxygens (including phenoxy) is 1. The molecule has 3 nitrogen and oxygen atoms in total. The van der Waals surface area contributed by atoms with Gasteiger partial charge in [-0.25, -0.2) is 4.90 Å². The summed E-state index contributed by atoms with van der Waals surface area (Å²) >= 11 is 0. The Bertz CT molecular complexity index is 165. The number of rotatable bonds is 3. The highest BCUT2D eigenvalue weighted by Gasteiger charge is 2.23. The Hall–Kier alpha value is -0.570. The van der Waals surface area contributed by atoms with Crippen molar-refractivity contribution in [3.05, 3.63) is 0 Å². The van der Waals surface area contributed by atoms with Crippen molar-refractivity contribution in [2.24, 2.45) is 0 Å². The fraction of sp³-hybridized carbons (Fsp3) is 0.875.